The molecule has 0 radical (unpaired) electrons. The maximum absolute atomic E-state index is 13.2. The van der Waals surface area contributed by atoms with Crippen molar-refractivity contribution in [2.45, 2.75) is 23.8 Å². The molecule has 4 heterocycles. The number of hydrogen-bond donors (Lipinski definition) is 0. The van der Waals surface area contributed by atoms with Gasteiger partial charge in [-0.25, -0.2) is 13.4 Å². The summed E-state index contributed by atoms with van der Waals surface area (Å²) in [5, 5.41) is 0. The quantitative estimate of drug-likeness (QED) is 0.662. The summed E-state index contributed by atoms with van der Waals surface area (Å²) >= 11 is 0. The Morgan fingerprint density at radius 3 is 2.55 bits per heavy atom. The van der Waals surface area contributed by atoms with Crippen LogP contribution in [0.15, 0.2) is 64.5 Å². The second kappa shape index (κ2) is 6.67. The van der Waals surface area contributed by atoms with E-state index >= 15 is 0 Å². The van der Waals surface area contributed by atoms with Crippen molar-refractivity contribution in [2.24, 2.45) is 13.0 Å². The van der Waals surface area contributed by atoms with E-state index in [9.17, 15) is 13.2 Å². The van der Waals surface area contributed by atoms with Crippen LogP contribution in [0.5, 0.6) is 0 Å². The number of benzene rings is 1. The van der Waals surface area contributed by atoms with Crippen molar-refractivity contribution in [3.63, 3.8) is 0 Å². The van der Waals surface area contributed by atoms with Gasteiger partial charge in [0.15, 0.2) is 0 Å². The van der Waals surface area contributed by atoms with Gasteiger partial charge in [0, 0.05) is 50.7 Å². The third-order valence-electron chi connectivity index (χ3n) is 6.01. The molecule has 0 unspecified atom stereocenters. The van der Waals surface area contributed by atoms with E-state index in [-0.39, 0.29) is 17.4 Å². The van der Waals surface area contributed by atoms with Crippen molar-refractivity contribution < 1.29 is 8.42 Å². The molecule has 2 aliphatic heterocycles. The zero-order chi connectivity index (χ0) is 20.2. The molecule has 150 valence electrons. The Balaban J connectivity index is 1.51. The zero-order valence-electron chi connectivity index (χ0n) is 16.1. The van der Waals surface area contributed by atoms with Gasteiger partial charge in [-0.15, -0.1) is 0 Å². The molecule has 7 nitrogen and oxygen atoms in total. The molecule has 2 aliphatic rings. The molecule has 2 aromatic heterocycles. The lowest BCUT2D eigenvalue weighted by atomic mass is 9.84. The molecule has 1 fully saturated rings. The van der Waals surface area contributed by atoms with Crippen LogP contribution >= 0.6 is 0 Å². The Bertz CT molecular complexity index is 1230. The number of rotatable bonds is 3. The Hall–Kier alpha value is -2.71. The number of aromatic nitrogens is 3. The number of nitrogens with zero attached hydrogens (tertiary/aromatic N) is 4. The summed E-state index contributed by atoms with van der Waals surface area (Å²) in [5.41, 5.74) is 1.44. The van der Waals surface area contributed by atoms with Crippen molar-refractivity contribution in [1.29, 1.82) is 0 Å². The Labute approximate surface area is 169 Å². The fourth-order valence-electron chi connectivity index (χ4n) is 4.64. The molecule has 0 saturated carbocycles. The fourth-order valence-corrected chi connectivity index (χ4v) is 6.22. The number of hydrogen-bond acceptors (Lipinski definition) is 4. The van der Waals surface area contributed by atoms with Crippen LogP contribution in [-0.2, 0) is 23.6 Å². The highest BCUT2D eigenvalue weighted by atomic mass is 32.2. The zero-order valence-corrected chi connectivity index (χ0v) is 16.9. The summed E-state index contributed by atoms with van der Waals surface area (Å²) in [5.74, 6) is 0.785. The minimum Gasteiger partial charge on any atom is -0.334 e. The minimum absolute atomic E-state index is 0.0177. The van der Waals surface area contributed by atoms with E-state index in [1.165, 1.54) is 0 Å². The molecular formula is C21H22N4O3S. The molecule has 5 rings (SSSR count). The molecule has 8 heteroatoms. The molecule has 1 aromatic carbocycles. The fraction of sp³-hybridized carbons (Fsp3) is 0.333. The predicted octanol–water partition coefficient (Wildman–Crippen LogP) is 2.06. The van der Waals surface area contributed by atoms with E-state index in [0.717, 1.165) is 12.1 Å². The number of fused-ring (bicyclic) bond motifs is 4. The summed E-state index contributed by atoms with van der Waals surface area (Å²) in [7, 11) is -1.67. The number of imidazole rings is 1. The first-order chi connectivity index (χ1) is 13.9. The van der Waals surface area contributed by atoms with Gasteiger partial charge in [0.05, 0.1) is 10.5 Å². The van der Waals surface area contributed by atoms with Crippen LogP contribution in [0.1, 0.15) is 18.0 Å². The lowest BCUT2D eigenvalue weighted by Crippen LogP contribution is -2.49. The molecule has 29 heavy (non-hydrogen) atoms. The molecule has 1 saturated heterocycles. The van der Waals surface area contributed by atoms with E-state index in [1.807, 2.05) is 40.6 Å². The number of pyridine rings is 1. The standard InChI is InChI=1S/C21H22N4O3S/c1-23-10-9-22-20(23)18-7-8-19-16-11-15(13-25(19)21(18)26)12-24(14-16)29(27,28)17-5-3-2-4-6-17/h2-10,15-16H,11-14H2,1H3/t15-,16+/m0/s1. The topological polar surface area (TPSA) is 77.2 Å². The summed E-state index contributed by atoms with van der Waals surface area (Å²) in [4.78, 5) is 17.8. The molecule has 3 aromatic rings. The van der Waals surface area contributed by atoms with Crippen LogP contribution in [0, 0.1) is 5.92 Å². The van der Waals surface area contributed by atoms with E-state index < -0.39 is 10.0 Å². The van der Waals surface area contributed by atoms with Crippen molar-refractivity contribution in [3.05, 3.63) is 70.9 Å². The normalized spacial score (nSPS) is 21.7. The molecule has 0 spiro atoms. The van der Waals surface area contributed by atoms with Gasteiger partial charge >= 0.3 is 0 Å². The lowest BCUT2D eigenvalue weighted by molar-refractivity contribution is 0.186. The molecule has 2 atom stereocenters. The number of sulfonamides is 1. The van der Waals surface area contributed by atoms with Gasteiger partial charge < -0.3 is 9.13 Å². The smallest absolute Gasteiger partial charge is 0.261 e. The van der Waals surface area contributed by atoms with Crippen molar-refractivity contribution >= 4 is 10.0 Å². The van der Waals surface area contributed by atoms with Crippen LogP contribution in [0.2, 0.25) is 0 Å². The largest absolute Gasteiger partial charge is 0.334 e. The van der Waals surface area contributed by atoms with Gasteiger partial charge in [-0.2, -0.15) is 4.31 Å². The summed E-state index contributed by atoms with van der Waals surface area (Å²) in [6, 6.07) is 12.4. The van der Waals surface area contributed by atoms with Crippen molar-refractivity contribution in [1.82, 2.24) is 18.4 Å². The SMILES string of the molecule is Cn1ccnc1-c1ccc2n(c1=O)C[C@H]1C[C@@H]2CN(S(=O)(=O)c2ccccc2)C1. The van der Waals surface area contributed by atoms with E-state index in [4.69, 9.17) is 0 Å². The molecule has 0 N–H and O–H groups in total. The summed E-state index contributed by atoms with van der Waals surface area (Å²) in [6.07, 6.45) is 4.40. The van der Waals surface area contributed by atoms with Gasteiger partial charge in [-0.1, -0.05) is 18.2 Å². The number of piperidine rings is 1. The maximum atomic E-state index is 13.2. The monoisotopic (exact) mass is 410 g/mol. The lowest BCUT2D eigenvalue weighted by Gasteiger charge is -2.42. The highest BCUT2D eigenvalue weighted by molar-refractivity contribution is 7.89. The van der Waals surface area contributed by atoms with Crippen molar-refractivity contribution in [2.75, 3.05) is 13.1 Å². The second-order valence-electron chi connectivity index (χ2n) is 7.88. The highest BCUT2D eigenvalue weighted by Crippen LogP contribution is 2.37. The molecular weight excluding hydrogens is 388 g/mol. The summed E-state index contributed by atoms with van der Waals surface area (Å²) in [6.45, 7) is 1.37. The number of aryl methyl sites for hydroxylation is 1. The van der Waals surface area contributed by atoms with Gasteiger partial charge in [0.1, 0.15) is 5.82 Å². The van der Waals surface area contributed by atoms with E-state index in [1.54, 1.807) is 34.8 Å². The summed E-state index contributed by atoms with van der Waals surface area (Å²) < 4.78 is 31.4. The van der Waals surface area contributed by atoms with Gasteiger partial charge in [-0.3, -0.25) is 4.79 Å². The third kappa shape index (κ3) is 2.94. The van der Waals surface area contributed by atoms with Crippen molar-refractivity contribution in [3.8, 4) is 11.4 Å². The minimum atomic E-state index is -3.53. The van der Waals surface area contributed by atoms with Crippen LogP contribution in [0.25, 0.3) is 11.4 Å². The Morgan fingerprint density at radius 1 is 1.03 bits per heavy atom. The second-order valence-corrected chi connectivity index (χ2v) is 9.82. The first kappa shape index (κ1) is 18.3. The van der Waals surface area contributed by atoms with E-state index in [2.05, 4.69) is 4.98 Å². The maximum Gasteiger partial charge on any atom is 0.261 e. The third-order valence-corrected chi connectivity index (χ3v) is 7.86. The first-order valence-electron chi connectivity index (χ1n) is 9.72. The van der Waals surface area contributed by atoms with Gasteiger partial charge in [0.25, 0.3) is 5.56 Å². The highest BCUT2D eigenvalue weighted by Gasteiger charge is 2.39. The van der Waals surface area contributed by atoms with Crippen LogP contribution in [-0.4, -0.2) is 39.9 Å². The Morgan fingerprint density at radius 2 is 1.83 bits per heavy atom. The van der Waals surface area contributed by atoms with E-state index in [0.29, 0.717) is 35.9 Å². The Kier molecular flexibility index (Phi) is 4.22. The molecule has 2 bridgehead atoms. The van der Waals surface area contributed by atoms with Gasteiger partial charge in [0.2, 0.25) is 10.0 Å². The van der Waals surface area contributed by atoms with Crippen LogP contribution in [0.4, 0.5) is 0 Å². The predicted molar refractivity (Wildman–Crippen MR) is 109 cm³/mol. The molecule has 0 amide bonds. The average molecular weight is 410 g/mol. The van der Waals surface area contributed by atoms with Gasteiger partial charge in [-0.05, 0) is 36.6 Å². The molecule has 0 aliphatic carbocycles. The van der Waals surface area contributed by atoms with Crippen LogP contribution in [0.3, 0.4) is 0 Å². The van der Waals surface area contributed by atoms with Crippen LogP contribution < -0.4 is 5.56 Å². The first-order valence-corrected chi connectivity index (χ1v) is 11.2. The average Bonchev–Trinajstić information content (AvgIpc) is 3.15.